The fraction of sp³-hybridized carbons (Fsp3) is 0.467. The summed E-state index contributed by atoms with van der Waals surface area (Å²) in [7, 11) is 1.31. The minimum Gasteiger partial charge on any atom is -0.479 e. The highest BCUT2D eigenvalue weighted by molar-refractivity contribution is 6.30. The molecule has 0 bridgehead atoms. The van der Waals surface area contributed by atoms with Gasteiger partial charge in [0.1, 0.15) is 0 Å². The summed E-state index contributed by atoms with van der Waals surface area (Å²) in [6.45, 7) is -0.0486. The maximum Gasteiger partial charge on any atom is 0.334 e. The maximum atomic E-state index is 12.5. The van der Waals surface area contributed by atoms with Crippen molar-refractivity contribution in [3.8, 4) is 0 Å². The van der Waals surface area contributed by atoms with E-state index in [1.807, 2.05) is 12.1 Å². The van der Waals surface area contributed by atoms with Gasteiger partial charge in [-0.1, -0.05) is 30.2 Å². The fourth-order valence-corrected chi connectivity index (χ4v) is 2.78. The number of carboxylic acid groups (broad SMARTS) is 1. The summed E-state index contributed by atoms with van der Waals surface area (Å²) in [5, 5.41) is 12.2. The Labute approximate surface area is 128 Å². The molecule has 2 N–H and O–H groups in total. The molecule has 0 aromatic heterocycles. The van der Waals surface area contributed by atoms with Gasteiger partial charge in [0.05, 0.1) is 12.0 Å². The Morgan fingerprint density at radius 3 is 2.67 bits per heavy atom. The molecule has 1 aromatic carbocycles. The van der Waals surface area contributed by atoms with Crippen LogP contribution in [0.4, 0.5) is 0 Å². The van der Waals surface area contributed by atoms with Crippen molar-refractivity contribution in [1.29, 1.82) is 0 Å². The quantitative estimate of drug-likeness (QED) is 0.842. The summed E-state index contributed by atoms with van der Waals surface area (Å²) >= 11 is 6.00. The summed E-state index contributed by atoms with van der Waals surface area (Å²) in [6, 6.07) is 7.27. The van der Waals surface area contributed by atoms with E-state index in [2.05, 4.69) is 5.32 Å². The van der Waals surface area contributed by atoms with Gasteiger partial charge in [0, 0.05) is 12.1 Å². The first-order valence-electron chi connectivity index (χ1n) is 6.79. The van der Waals surface area contributed by atoms with E-state index in [9.17, 15) is 9.59 Å². The fourth-order valence-electron chi connectivity index (χ4n) is 2.59. The van der Waals surface area contributed by atoms with Gasteiger partial charge in [-0.2, -0.15) is 0 Å². The first kappa shape index (κ1) is 15.8. The average Bonchev–Trinajstić information content (AvgIpc) is 2.37. The molecule has 1 amide bonds. The molecule has 6 heteroatoms. The van der Waals surface area contributed by atoms with Crippen LogP contribution >= 0.6 is 11.6 Å². The van der Waals surface area contributed by atoms with Crippen molar-refractivity contribution in [2.24, 2.45) is 0 Å². The van der Waals surface area contributed by atoms with Gasteiger partial charge in [0.25, 0.3) is 0 Å². The number of rotatable bonds is 6. The van der Waals surface area contributed by atoms with Gasteiger partial charge in [-0.3, -0.25) is 4.79 Å². The lowest BCUT2D eigenvalue weighted by atomic mass is 9.64. The second kappa shape index (κ2) is 6.45. The Bertz CT molecular complexity index is 542. The summed E-state index contributed by atoms with van der Waals surface area (Å²) < 4.78 is 4.82. The van der Waals surface area contributed by atoms with Crippen LogP contribution in [0.1, 0.15) is 24.8 Å². The van der Waals surface area contributed by atoms with Crippen LogP contribution in [-0.2, 0) is 19.7 Å². The Morgan fingerprint density at radius 1 is 1.48 bits per heavy atom. The van der Waals surface area contributed by atoms with E-state index >= 15 is 0 Å². The van der Waals surface area contributed by atoms with E-state index in [-0.39, 0.29) is 12.5 Å². The van der Waals surface area contributed by atoms with Crippen LogP contribution in [0.3, 0.4) is 0 Å². The second-order valence-electron chi connectivity index (χ2n) is 5.22. The predicted octanol–water partition coefficient (Wildman–Crippen LogP) is 1.98. The molecular weight excluding hydrogens is 294 g/mol. The zero-order chi connectivity index (χ0) is 15.5. The summed E-state index contributed by atoms with van der Waals surface area (Å²) in [6.07, 6.45) is 1.41. The number of aliphatic carboxylic acids is 1. The molecule has 0 radical (unpaired) electrons. The van der Waals surface area contributed by atoms with Gasteiger partial charge in [-0.25, -0.2) is 4.79 Å². The molecule has 5 nitrogen and oxygen atoms in total. The van der Waals surface area contributed by atoms with Gasteiger partial charge >= 0.3 is 5.97 Å². The number of halogens is 1. The summed E-state index contributed by atoms with van der Waals surface area (Å²) in [5.74, 6) is -1.26. The van der Waals surface area contributed by atoms with E-state index in [1.54, 1.807) is 12.1 Å². The lowest BCUT2D eigenvalue weighted by Crippen LogP contribution is -2.51. The van der Waals surface area contributed by atoms with Gasteiger partial charge in [0.15, 0.2) is 6.10 Å². The lowest BCUT2D eigenvalue weighted by Gasteiger charge is -2.41. The minimum atomic E-state index is -1.09. The van der Waals surface area contributed by atoms with Gasteiger partial charge < -0.3 is 15.2 Å². The smallest absolute Gasteiger partial charge is 0.334 e. The van der Waals surface area contributed by atoms with Gasteiger partial charge in [-0.05, 0) is 30.5 Å². The molecular formula is C15H18ClNO4. The number of carbonyl (C=O) groups is 2. The van der Waals surface area contributed by atoms with Gasteiger partial charge in [-0.15, -0.1) is 0 Å². The van der Waals surface area contributed by atoms with Crippen molar-refractivity contribution in [3.05, 3.63) is 34.9 Å². The molecule has 1 unspecified atom stereocenters. The molecule has 1 aliphatic carbocycles. The number of nitrogens with one attached hydrogen (secondary N) is 1. The molecule has 0 spiro atoms. The summed E-state index contributed by atoms with van der Waals surface area (Å²) in [5.41, 5.74) is 0.282. The standard InChI is InChI=1S/C15H18ClNO4/c1-21-12(13(18)19)9-17-14(20)15(6-3-7-15)10-4-2-5-11(16)8-10/h2,4-5,8,12H,3,6-7,9H2,1H3,(H,17,20)(H,18,19). The SMILES string of the molecule is COC(CNC(=O)C1(c2cccc(Cl)c2)CCC1)C(=O)O. The van der Waals surface area contributed by atoms with Crippen LogP contribution in [0.5, 0.6) is 0 Å². The van der Waals surface area contributed by atoms with Crippen molar-refractivity contribution in [3.63, 3.8) is 0 Å². The highest BCUT2D eigenvalue weighted by atomic mass is 35.5. The monoisotopic (exact) mass is 311 g/mol. The average molecular weight is 312 g/mol. The molecule has 1 saturated carbocycles. The highest BCUT2D eigenvalue weighted by Gasteiger charge is 2.45. The summed E-state index contributed by atoms with van der Waals surface area (Å²) in [4.78, 5) is 23.4. The number of carboxylic acids is 1. The molecule has 1 aromatic rings. The van der Waals surface area contributed by atoms with E-state index in [0.717, 1.165) is 24.8 Å². The number of hydrogen-bond acceptors (Lipinski definition) is 3. The Kier molecular flexibility index (Phi) is 4.85. The molecule has 0 aliphatic heterocycles. The molecule has 114 valence electrons. The largest absolute Gasteiger partial charge is 0.479 e. The highest BCUT2D eigenvalue weighted by Crippen LogP contribution is 2.44. The van der Waals surface area contributed by atoms with Crippen LogP contribution in [-0.4, -0.2) is 36.7 Å². The molecule has 0 saturated heterocycles. The third-order valence-electron chi connectivity index (χ3n) is 4.03. The predicted molar refractivity (Wildman–Crippen MR) is 78.4 cm³/mol. The molecule has 1 fully saturated rings. The van der Waals surface area contributed by atoms with Crippen molar-refractivity contribution in [1.82, 2.24) is 5.32 Å². The molecule has 2 rings (SSSR count). The molecule has 0 heterocycles. The van der Waals surface area contributed by atoms with Crippen molar-refractivity contribution in [2.45, 2.75) is 30.8 Å². The van der Waals surface area contributed by atoms with E-state index in [0.29, 0.717) is 5.02 Å². The number of ether oxygens (including phenoxy) is 1. The minimum absolute atomic E-state index is 0.0486. The molecule has 1 atom stereocenters. The Balaban J connectivity index is 2.10. The zero-order valence-electron chi connectivity index (χ0n) is 11.8. The number of benzene rings is 1. The third kappa shape index (κ3) is 3.19. The number of methoxy groups -OCH3 is 1. The van der Waals surface area contributed by atoms with Crippen molar-refractivity contribution < 1.29 is 19.4 Å². The van der Waals surface area contributed by atoms with E-state index < -0.39 is 17.5 Å². The van der Waals surface area contributed by atoms with Crippen LogP contribution < -0.4 is 5.32 Å². The second-order valence-corrected chi connectivity index (χ2v) is 5.66. The van der Waals surface area contributed by atoms with E-state index in [1.165, 1.54) is 7.11 Å². The topological polar surface area (TPSA) is 75.6 Å². The Morgan fingerprint density at radius 2 is 2.19 bits per heavy atom. The normalized spacial score (nSPS) is 17.6. The molecule has 1 aliphatic rings. The van der Waals surface area contributed by atoms with Crippen LogP contribution in [0.25, 0.3) is 0 Å². The first-order chi connectivity index (χ1) is 9.99. The van der Waals surface area contributed by atoms with Crippen LogP contribution in [0, 0.1) is 0 Å². The van der Waals surface area contributed by atoms with Crippen molar-refractivity contribution >= 4 is 23.5 Å². The maximum absolute atomic E-state index is 12.5. The lowest BCUT2D eigenvalue weighted by molar-refractivity contribution is -0.148. The van der Waals surface area contributed by atoms with E-state index in [4.69, 9.17) is 21.4 Å². The van der Waals surface area contributed by atoms with Crippen LogP contribution in [0.2, 0.25) is 5.02 Å². The van der Waals surface area contributed by atoms with Gasteiger partial charge in [0.2, 0.25) is 5.91 Å². The van der Waals surface area contributed by atoms with Crippen LogP contribution in [0.15, 0.2) is 24.3 Å². The Hall–Kier alpha value is -1.59. The molecule has 21 heavy (non-hydrogen) atoms. The number of amides is 1. The first-order valence-corrected chi connectivity index (χ1v) is 7.17. The zero-order valence-corrected chi connectivity index (χ0v) is 12.5. The third-order valence-corrected chi connectivity index (χ3v) is 4.26. The van der Waals surface area contributed by atoms with Crippen molar-refractivity contribution in [2.75, 3.05) is 13.7 Å². The number of hydrogen-bond donors (Lipinski definition) is 2. The number of carbonyl (C=O) groups excluding carboxylic acids is 1.